The quantitative estimate of drug-likeness (QED) is 0.869. The van der Waals surface area contributed by atoms with Crippen LogP contribution in [0.5, 0.6) is 0 Å². The van der Waals surface area contributed by atoms with E-state index in [0.29, 0.717) is 5.56 Å². The van der Waals surface area contributed by atoms with E-state index in [1.807, 2.05) is 0 Å². The Morgan fingerprint density at radius 3 is 2.37 bits per heavy atom. The number of aromatic carboxylic acids is 1. The molecule has 0 atom stereocenters. The molecule has 0 bridgehead atoms. The highest BCUT2D eigenvalue weighted by Crippen LogP contribution is 2.29. The number of ether oxygens (including phenoxy) is 1. The summed E-state index contributed by atoms with van der Waals surface area (Å²) in [5.41, 5.74) is -0.172. The van der Waals surface area contributed by atoms with E-state index in [2.05, 4.69) is 5.32 Å². The zero-order valence-corrected chi connectivity index (χ0v) is 12.0. The van der Waals surface area contributed by atoms with Crippen molar-refractivity contribution in [1.82, 2.24) is 0 Å². The fraction of sp³-hybridized carbons (Fsp3) is 0.385. The predicted octanol–water partition coefficient (Wildman–Crippen LogP) is 3.69. The van der Waals surface area contributed by atoms with Crippen molar-refractivity contribution in [2.24, 2.45) is 0 Å². The molecular formula is C13H16ClNO4. The van der Waals surface area contributed by atoms with Crippen LogP contribution >= 0.6 is 11.6 Å². The van der Waals surface area contributed by atoms with Crippen molar-refractivity contribution < 1.29 is 19.4 Å². The van der Waals surface area contributed by atoms with Crippen molar-refractivity contribution >= 4 is 29.4 Å². The van der Waals surface area contributed by atoms with E-state index in [-0.39, 0.29) is 16.3 Å². The van der Waals surface area contributed by atoms with Crippen LogP contribution in [0.25, 0.3) is 0 Å². The number of carbonyl (C=O) groups excluding carboxylic acids is 1. The monoisotopic (exact) mass is 285 g/mol. The summed E-state index contributed by atoms with van der Waals surface area (Å²) in [4.78, 5) is 22.9. The van der Waals surface area contributed by atoms with Gasteiger partial charge in [0.25, 0.3) is 0 Å². The number of carboxylic acids is 1. The summed E-state index contributed by atoms with van der Waals surface area (Å²) in [7, 11) is 0. The van der Waals surface area contributed by atoms with Crippen molar-refractivity contribution in [1.29, 1.82) is 0 Å². The van der Waals surface area contributed by atoms with E-state index >= 15 is 0 Å². The first-order valence-electron chi connectivity index (χ1n) is 5.64. The first kappa shape index (κ1) is 15.3. The van der Waals surface area contributed by atoms with Gasteiger partial charge in [-0.3, -0.25) is 5.32 Å². The first-order valence-corrected chi connectivity index (χ1v) is 6.02. The van der Waals surface area contributed by atoms with Gasteiger partial charge in [-0.15, -0.1) is 0 Å². The van der Waals surface area contributed by atoms with Crippen molar-refractivity contribution in [2.45, 2.75) is 33.3 Å². The molecule has 0 spiro atoms. The number of amides is 1. The standard InChI is InChI=1S/C13H16ClNO4/c1-7-5-6-8(14)10(9(7)11(16)17)15-12(18)19-13(2,3)4/h5-6H,1-4H3,(H,15,18)(H,16,17). The summed E-state index contributed by atoms with van der Waals surface area (Å²) in [6.45, 7) is 6.76. The average Bonchev–Trinajstić information content (AvgIpc) is 2.20. The molecule has 2 N–H and O–H groups in total. The number of halogens is 1. The minimum atomic E-state index is -1.16. The fourth-order valence-corrected chi connectivity index (χ4v) is 1.69. The average molecular weight is 286 g/mol. The lowest BCUT2D eigenvalue weighted by atomic mass is 10.1. The van der Waals surface area contributed by atoms with Gasteiger partial charge >= 0.3 is 12.1 Å². The Morgan fingerprint density at radius 2 is 1.89 bits per heavy atom. The zero-order valence-electron chi connectivity index (χ0n) is 11.2. The highest BCUT2D eigenvalue weighted by Gasteiger charge is 2.21. The van der Waals surface area contributed by atoms with Crippen LogP contribution in [-0.2, 0) is 4.74 Å². The van der Waals surface area contributed by atoms with Crippen LogP contribution < -0.4 is 5.32 Å². The molecule has 104 valence electrons. The predicted molar refractivity (Wildman–Crippen MR) is 73.0 cm³/mol. The Labute approximate surface area is 116 Å². The van der Waals surface area contributed by atoms with E-state index in [4.69, 9.17) is 21.4 Å². The first-order chi connectivity index (χ1) is 8.61. The molecule has 0 aliphatic rings. The van der Waals surface area contributed by atoms with Gasteiger partial charge in [-0.25, -0.2) is 9.59 Å². The third kappa shape index (κ3) is 4.13. The summed E-state index contributed by atoms with van der Waals surface area (Å²) in [6.07, 6.45) is -0.748. The lowest BCUT2D eigenvalue weighted by Gasteiger charge is -2.20. The van der Waals surface area contributed by atoms with E-state index in [0.717, 1.165) is 0 Å². The van der Waals surface area contributed by atoms with Crippen LogP contribution in [0.1, 0.15) is 36.7 Å². The molecule has 0 fully saturated rings. The smallest absolute Gasteiger partial charge is 0.412 e. The number of nitrogens with one attached hydrogen (secondary N) is 1. The molecule has 19 heavy (non-hydrogen) atoms. The van der Waals surface area contributed by atoms with Crippen LogP contribution in [0.4, 0.5) is 10.5 Å². The van der Waals surface area contributed by atoms with Gasteiger partial charge in [0.15, 0.2) is 0 Å². The Hall–Kier alpha value is -1.75. The Balaban J connectivity index is 3.10. The van der Waals surface area contributed by atoms with Gasteiger partial charge in [0, 0.05) is 0 Å². The highest BCUT2D eigenvalue weighted by molar-refractivity contribution is 6.34. The van der Waals surface area contributed by atoms with Gasteiger partial charge in [0.05, 0.1) is 16.3 Å². The summed E-state index contributed by atoms with van der Waals surface area (Å²) in [5, 5.41) is 11.7. The van der Waals surface area contributed by atoms with Crippen LogP contribution in [0, 0.1) is 6.92 Å². The topological polar surface area (TPSA) is 75.6 Å². The van der Waals surface area contributed by atoms with Crippen molar-refractivity contribution in [3.05, 3.63) is 28.3 Å². The van der Waals surface area contributed by atoms with E-state index in [9.17, 15) is 9.59 Å². The molecular weight excluding hydrogens is 270 g/mol. The maximum atomic E-state index is 11.7. The molecule has 0 saturated heterocycles. The molecule has 0 aromatic heterocycles. The second-order valence-electron chi connectivity index (χ2n) is 5.05. The van der Waals surface area contributed by atoms with Gasteiger partial charge < -0.3 is 9.84 Å². The van der Waals surface area contributed by atoms with Crippen LogP contribution in [0.15, 0.2) is 12.1 Å². The number of rotatable bonds is 2. The van der Waals surface area contributed by atoms with Crippen molar-refractivity contribution in [3.8, 4) is 0 Å². The minimum Gasteiger partial charge on any atom is -0.478 e. The van der Waals surface area contributed by atoms with Gasteiger partial charge in [-0.05, 0) is 39.3 Å². The number of benzene rings is 1. The maximum Gasteiger partial charge on any atom is 0.412 e. The molecule has 1 rings (SSSR count). The van der Waals surface area contributed by atoms with Crippen LogP contribution in [0.3, 0.4) is 0 Å². The van der Waals surface area contributed by atoms with Gasteiger partial charge in [0.1, 0.15) is 5.60 Å². The van der Waals surface area contributed by atoms with E-state index < -0.39 is 17.7 Å². The number of aryl methyl sites for hydroxylation is 1. The molecule has 6 heteroatoms. The largest absolute Gasteiger partial charge is 0.478 e. The highest BCUT2D eigenvalue weighted by atomic mass is 35.5. The molecule has 0 aliphatic heterocycles. The molecule has 0 saturated carbocycles. The third-order valence-electron chi connectivity index (χ3n) is 2.20. The zero-order chi connectivity index (χ0) is 14.8. The third-order valence-corrected chi connectivity index (χ3v) is 2.52. The van der Waals surface area contributed by atoms with Crippen molar-refractivity contribution in [2.75, 3.05) is 5.32 Å². The molecule has 0 heterocycles. The summed E-state index contributed by atoms with van der Waals surface area (Å²) < 4.78 is 5.07. The SMILES string of the molecule is Cc1ccc(Cl)c(NC(=O)OC(C)(C)C)c1C(=O)O. The summed E-state index contributed by atoms with van der Waals surface area (Å²) in [6, 6.07) is 3.10. The number of hydrogen-bond acceptors (Lipinski definition) is 3. The maximum absolute atomic E-state index is 11.7. The lowest BCUT2D eigenvalue weighted by molar-refractivity contribution is 0.0636. The van der Waals surface area contributed by atoms with Crippen LogP contribution in [-0.4, -0.2) is 22.8 Å². The van der Waals surface area contributed by atoms with Gasteiger partial charge in [0.2, 0.25) is 0 Å². The molecule has 1 aromatic carbocycles. The number of carbonyl (C=O) groups is 2. The molecule has 1 aromatic rings. The number of carboxylic acid groups (broad SMARTS) is 1. The molecule has 0 aliphatic carbocycles. The Morgan fingerprint density at radius 1 is 1.32 bits per heavy atom. The molecule has 1 amide bonds. The molecule has 0 radical (unpaired) electrons. The van der Waals surface area contributed by atoms with E-state index in [1.54, 1.807) is 33.8 Å². The Bertz CT molecular complexity index is 520. The van der Waals surface area contributed by atoms with E-state index in [1.165, 1.54) is 6.07 Å². The Kier molecular flexibility index (Phi) is 4.42. The van der Waals surface area contributed by atoms with Gasteiger partial charge in [-0.2, -0.15) is 0 Å². The summed E-state index contributed by atoms with van der Waals surface area (Å²) >= 11 is 5.93. The summed E-state index contributed by atoms with van der Waals surface area (Å²) in [5.74, 6) is -1.16. The second kappa shape index (κ2) is 5.48. The van der Waals surface area contributed by atoms with Crippen LogP contribution in [0.2, 0.25) is 5.02 Å². The molecule has 5 nitrogen and oxygen atoms in total. The molecule has 0 unspecified atom stereocenters. The second-order valence-corrected chi connectivity index (χ2v) is 5.45. The van der Waals surface area contributed by atoms with Crippen molar-refractivity contribution in [3.63, 3.8) is 0 Å². The number of anilines is 1. The fourth-order valence-electron chi connectivity index (χ4n) is 1.48. The minimum absolute atomic E-state index is 0.0432. The lowest BCUT2D eigenvalue weighted by Crippen LogP contribution is -2.28. The normalized spacial score (nSPS) is 11.0. The number of hydrogen-bond donors (Lipinski definition) is 2. The van der Waals surface area contributed by atoms with Gasteiger partial charge in [-0.1, -0.05) is 17.7 Å².